The molecule has 0 aromatic carbocycles. The molecule has 0 radical (unpaired) electrons. The van der Waals surface area contributed by atoms with Crippen LogP contribution >= 0.6 is 0 Å². The highest BCUT2D eigenvalue weighted by atomic mass is 16.5. The van der Waals surface area contributed by atoms with Crippen LogP contribution < -0.4 is 10.6 Å². The van der Waals surface area contributed by atoms with Gasteiger partial charge in [-0.05, 0) is 31.6 Å². The molecule has 1 saturated carbocycles. The highest BCUT2D eigenvalue weighted by Gasteiger charge is 2.43. The Bertz CT molecular complexity index is 470. The number of amides is 3. The number of carboxylic acid groups (broad SMARTS) is 1. The Balaban J connectivity index is 2.17. The smallest absolute Gasteiger partial charge is 0.408 e. The van der Waals surface area contributed by atoms with Crippen molar-refractivity contribution in [3.63, 3.8) is 0 Å². The molecule has 8 nitrogen and oxygen atoms in total. The minimum absolute atomic E-state index is 0.0538. The van der Waals surface area contributed by atoms with Gasteiger partial charge >= 0.3 is 6.09 Å². The third kappa shape index (κ3) is 4.13. The standard InChI is InChI=1S/C15H25N3O5/c1-9(19)17-8-10-7-11(23-2)3-4-12(10)18(15(21)22)13-5-6-16-14(13)20/h10-13H,3-8H2,1-2H3,(H,16,20)(H,17,19)(H,21,22)/t10-,11+,12-,13?/m0/s1. The van der Waals surface area contributed by atoms with Crippen LogP contribution in [0, 0.1) is 5.92 Å². The molecule has 1 aliphatic carbocycles. The fraction of sp³-hybridized carbons (Fsp3) is 0.800. The van der Waals surface area contributed by atoms with E-state index in [1.807, 2.05) is 0 Å². The topological polar surface area (TPSA) is 108 Å². The maximum atomic E-state index is 11.9. The number of rotatable bonds is 5. The molecule has 1 unspecified atom stereocenters. The molecule has 0 spiro atoms. The average Bonchev–Trinajstić information content (AvgIpc) is 2.92. The normalized spacial score (nSPS) is 30.6. The van der Waals surface area contributed by atoms with Crippen LogP contribution in [0.3, 0.4) is 0 Å². The van der Waals surface area contributed by atoms with E-state index < -0.39 is 12.1 Å². The molecule has 4 atom stereocenters. The molecule has 1 saturated heterocycles. The van der Waals surface area contributed by atoms with Crippen LogP contribution in [0.5, 0.6) is 0 Å². The van der Waals surface area contributed by atoms with Gasteiger partial charge in [0.15, 0.2) is 0 Å². The van der Waals surface area contributed by atoms with Gasteiger partial charge in [0, 0.05) is 33.2 Å². The lowest BCUT2D eigenvalue weighted by Crippen LogP contribution is -2.56. The van der Waals surface area contributed by atoms with E-state index in [1.165, 1.54) is 11.8 Å². The molecular formula is C15H25N3O5. The van der Waals surface area contributed by atoms with Gasteiger partial charge in [0.1, 0.15) is 6.04 Å². The van der Waals surface area contributed by atoms with Crippen LogP contribution in [0.2, 0.25) is 0 Å². The van der Waals surface area contributed by atoms with Crippen molar-refractivity contribution < 1.29 is 24.2 Å². The van der Waals surface area contributed by atoms with Crippen molar-refractivity contribution in [2.45, 2.75) is 50.8 Å². The summed E-state index contributed by atoms with van der Waals surface area (Å²) in [6.45, 7) is 2.32. The Morgan fingerprint density at radius 3 is 2.65 bits per heavy atom. The first-order valence-corrected chi connectivity index (χ1v) is 8.00. The Hall–Kier alpha value is -1.83. The van der Waals surface area contributed by atoms with Gasteiger partial charge < -0.3 is 20.5 Å². The van der Waals surface area contributed by atoms with Crippen molar-refractivity contribution in [3.8, 4) is 0 Å². The first kappa shape index (κ1) is 17.5. The molecule has 0 aromatic rings. The fourth-order valence-corrected chi connectivity index (χ4v) is 3.63. The second-order valence-corrected chi connectivity index (χ2v) is 6.22. The summed E-state index contributed by atoms with van der Waals surface area (Å²) in [7, 11) is 1.64. The van der Waals surface area contributed by atoms with Crippen LogP contribution in [0.25, 0.3) is 0 Å². The Morgan fingerprint density at radius 1 is 1.39 bits per heavy atom. The number of nitrogens with zero attached hydrogens (tertiary/aromatic N) is 1. The van der Waals surface area contributed by atoms with Gasteiger partial charge in [0.05, 0.1) is 6.10 Å². The van der Waals surface area contributed by atoms with E-state index in [0.717, 1.165) is 6.42 Å². The summed E-state index contributed by atoms with van der Waals surface area (Å²) >= 11 is 0. The zero-order valence-corrected chi connectivity index (χ0v) is 13.6. The summed E-state index contributed by atoms with van der Waals surface area (Å²) in [6, 6.07) is -0.934. The largest absolute Gasteiger partial charge is 0.465 e. The maximum Gasteiger partial charge on any atom is 0.408 e. The zero-order chi connectivity index (χ0) is 17.0. The van der Waals surface area contributed by atoms with Gasteiger partial charge in [-0.15, -0.1) is 0 Å². The number of carbonyl (C=O) groups excluding carboxylic acids is 2. The van der Waals surface area contributed by atoms with Gasteiger partial charge in [-0.3, -0.25) is 14.5 Å². The molecule has 3 amide bonds. The molecule has 0 aromatic heterocycles. The molecular weight excluding hydrogens is 302 g/mol. The SMILES string of the molecule is CO[C@@H]1CC[C@H](N(C(=O)O)C2CCNC2=O)[C@H](CNC(C)=O)C1. The van der Waals surface area contributed by atoms with E-state index in [0.29, 0.717) is 32.4 Å². The molecule has 130 valence electrons. The van der Waals surface area contributed by atoms with Gasteiger partial charge in [-0.2, -0.15) is 0 Å². The lowest BCUT2D eigenvalue weighted by atomic mass is 9.81. The van der Waals surface area contributed by atoms with Crippen molar-refractivity contribution in [1.29, 1.82) is 0 Å². The van der Waals surface area contributed by atoms with Crippen molar-refractivity contribution in [2.24, 2.45) is 5.92 Å². The molecule has 8 heteroatoms. The van der Waals surface area contributed by atoms with Crippen LogP contribution in [0.1, 0.15) is 32.6 Å². The van der Waals surface area contributed by atoms with Gasteiger partial charge in [0.25, 0.3) is 0 Å². The first-order valence-electron chi connectivity index (χ1n) is 8.00. The summed E-state index contributed by atoms with van der Waals surface area (Å²) < 4.78 is 5.41. The molecule has 3 N–H and O–H groups in total. The minimum atomic E-state index is -1.08. The van der Waals surface area contributed by atoms with Crippen LogP contribution in [-0.4, -0.2) is 66.3 Å². The highest BCUT2D eigenvalue weighted by Crippen LogP contribution is 2.32. The Morgan fingerprint density at radius 2 is 2.13 bits per heavy atom. The van der Waals surface area contributed by atoms with Crippen molar-refractivity contribution in [2.75, 3.05) is 20.2 Å². The molecule has 1 heterocycles. The Kier molecular flexibility index (Phi) is 5.81. The lowest BCUT2D eigenvalue weighted by Gasteiger charge is -2.42. The molecule has 1 aliphatic heterocycles. The number of hydrogen-bond donors (Lipinski definition) is 3. The quantitative estimate of drug-likeness (QED) is 0.667. The predicted molar refractivity (Wildman–Crippen MR) is 81.9 cm³/mol. The fourth-order valence-electron chi connectivity index (χ4n) is 3.63. The van der Waals surface area contributed by atoms with Crippen LogP contribution in [0.4, 0.5) is 4.79 Å². The van der Waals surface area contributed by atoms with Gasteiger partial charge in [0.2, 0.25) is 11.8 Å². The summed E-state index contributed by atoms with van der Waals surface area (Å²) in [5.41, 5.74) is 0. The lowest BCUT2D eigenvalue weighted by molar-refractivity contribution is -0.125. The summed E-state index contributed by atoms with van der Waals surface area (Å²) in [4.78, 5) is 36.3. The van der Waals surface area contributed by atoms with Crippen LogP contribution in [-0.2, 0) is 14.3 Å². The number of hydrogen-bond acceptors (Lipinski definition) is 4. The third-order valence-corrected chi connectivity index (χ3v) is 4.77. The molecule has 2 rings (SSSR count). The minimum Gasteiger partial charge on any atom is -0.465 e. The van der Waals surface area contributed by atoms with Gasteiger partial charge in [-0.25, -0.2) is 4.79 Å². The molecule has 2 fully saturated rings. The number of methoxy groups -OCH3 is 1. The number of ether oxygens (including phenoxy) is 1. The van der Waals surface area contributed by atoms with Crippen LogP contribution in [0.15, 0.2) is 0 Å². The van der Waals surface area contributed by atoms with E-state index in [9.17, 15) is 19.5 Å². The van der Waals surface area contributed by atoms with E-state index in [-0.39, 0.29) is 29.9 Å². The monoisotopic (exact) mass is 327 g/mol. The molecule has 0 bridgehead atoms. The number of carbonyl (C=O) groups is 3. The second kappa shape index (κ2) is 7.63. The summed E-state index contributed by atoms with van der Waals surface area (Å²) in [5.74, 6) is -0.453. The Labute approximate surface area is 135 Å². The van der Waals surface area contributed by atoms with Crippen molar-refractivity contribution in [3.05, 3.63) is 0 Å². The van der Waals surface area contributed by atoms with E-state index in [4.69, 9.17) is 4.74 Å². The van der Waals surface area contributed by atoms with Crippen molar-refractivity contribution in [1.82, 2.24) is 15.5 Å². The first-order chi connectivity index (χ1) is 10.9. The third-order valence-electron chi connectivity index (χ3n) is 4.77. The zero-order valence-electron chi connectivity index (χ0n) is 13.6. The number of nitrogens with one attached hydrogen (secondary N) is 2. The second-order valence-electron chi connectivity index (χ2n) is 6.22. The molecule has 23 heavy (non-hydrogen) atoms. The maximum absolute atomic E-state index is 11.9. The van der Waals surface area contributed by atoms with E-state index in [2.05, 4.69) is 10.6 Å². The average molecular weight is 327 g/mol. The summed E-state index contributed by atoms with van der Waals surface area (Å²) in [6.07, 6.45) is 1.50. The van der Waals surface area contributed by atoms with E-state index >= 15 is 0 Å². The molecule has 2 aliphatic rings. The highest BCUT2D eigenvalue weighted by molar-refractivity contribution is 5.87. The van der Waals surface area contributed by atoms with Gasteiger partial charge in [-0.1, -0.05) is 0 Å². The van der Waals surface area contributed by atoms with E-state index in [1.54, 1.807) is 7.11 Å². The predicted octanol–water partition coefficient (Wildman–Crippen LogP) is 0.175. The summed E-state index contributed by atoms with van der Waals surface area (Å²) in [5, 5.41) is 15.1. The van der Waals surface area contributed by atoms with Crippen molar-refractivity contribution >= 4 is 17.9 Å².